The minimum absolute atomic E-state index is 0.963. The molecule has 2 heterocycles. The highest BCUT2D eigenvalue weighted by Gasteiger charge is 2.09. The van der Waals surface area contributed by atoms with E-state index in [-0.39, 0.29) is 0 Å². The lowest BCUT2D eigenvalue weighted by Crippen LogP contribution is -2.26. The van der Waals surface area contributed by atoms with E-state index >= 15 is 0 Å². The number of pyridine rings is 1. The molecule has 1 aliphatic heterocycles. The number of nitrogens with zero attached hydrogens (tertiary/aromatic N) is 2. The summed E-state index contributed by atoms with van der Waals surface area (Å²) in [6.07, 6.45) is 3.50. The van der Waals surface area contributed by atoms with E-state index in [1.165, 1.54) is 17.2 Å². The fraction of sp³-hybridized carbons (Fsp3) is 0.160. The zero-order chi connectivity index (χ0) is 19.7. The van der Waals surface area contributed by atoms with Crippen LogP contribution in [0.1, 0.15) is 22.3 Å². The third-order valence-electron chi connectivity index (χ3n) is 4.47. The van der Waals surface area contributed by atoms with Gasteiger partial charge in [0, 0.05) is 64.9 Å². The maximum atomic E-state index is 4.00. The topological polar surface area (TPSA) is 16.1 Å². The summed E-state index contributed by atoms with van der Waals surface area (Å²) < 4.78 is 0. The summed E-state index contributed by atoms with van der Waals surface area (Å²) in [6, 6.07) is 20.5. The van der Waals surface area contributed by atoms with Gasteiger partial charge >= 0.3 is 0 Å². The summed E-state index contributed by atoms with van der Waals surface area (Å²) in [4.78, 5) is 6.46. The van der Waals surface area contributed by atoms with Crippen LogP contribution in [0.15, 0.2) is 73.1 Å². The first kappa shape index (κ1) is 19.5. The van der Waals surface area contributed by atoms with E-state index in [0.717, 1.165) is 35.3 Å². The molecule has 2 aromatic carbocycles. The van der Waals surface area contributed by atoms with E-state index in [1.54, 1.807) is 12.4 Å². The van der Waals surface area contributed by atoms with Crippen molar-refractivity contribution in [2.24, 2.45) is 0 Å². The summed E-state index contributed by atoms with van der Waals surface area (Å²) in [5, 5.41) is 0. The second-order valence-corrected chi connectivity index (χ2v) is 9.19. The van der Waals surface area contributed by atoms with Gasteiger partial charge in [0.2, 0.25) is 0 Å². The third kappa shape index (κ3) is 5.84. The standard InChI is InChI=1S/C25H20N2S2/c1-3-22(7-8-24-13-15-26-16-14-24)4-2-21(1)5-6-23-9-11-25(12-10-23)27-17-19-28-29-20-18-27/h1-4,9-16H,17-20H2. The zero-order valence-electron chi connectivity index (χ0n) is 16.0. The molecule has 2 nitrogen and oxygen atoms in total. The SMILES string of the molecule is C(#Cc1ccc(C#Cc2ccc(N3CCSSCC3)cc2)cc1)c1ccncc1. The van der Waals surface area contributed by atoms with Gasteiger partial charge < -0.3 is 4.90 Å². The van der Waals surface area contributed by atoms with Gasteiger partial charge in [0.05, 0.1) is 0 Å². The summed E-state index contributed by atoms with van der Waals surface area (Å²) in [6.45, 7) is 2.22. The number of anilines is 1. The quantitative estimate of drug-likeness (QED) is 0.409. The Hall–Kier alpha value is -2.79. The molecule has 1 aliphatic rings. The molecular formula is C25H20N2S2. The first-order chi connectivity index (χ1) is 14.4. The molecule has 1 aromatic heterocycles. The van der Waals surface area contributed by atoms with E-state index in [9.17, 15) is 0 Å². The number of hydrogen-bond acceptors (Lipinski definition) is 4. The van der Waals surface area contributed by atoms with Gasteiger partial charge in [0.15, 0.2) is 0 Å². The van der Waals surface area contributed by atoms with Crippen LogP contribution in [0.5, 0.6) is 0 Å². The lowest BCUT2D eigenvalue weighted by Gasteiger charge is -2.21. The molecule has 1 saturated heterocycles. The summed E-state index contributed by atoms with van der Waals surface area (Å²) >= 11 is 0. The maximum Gasteiger partial charge on any atom is 0.0367 e. The normalized spacial score (nSPS) is 13.4. The van der Waals surface area contributed by atoms with Crippen molar-refractivity contribution in [2.75, 3.05) is 29.5 Å². The number of benzene rings is 2. The molecule has 0 N–H and O–H groups in total. The summed E-state index contributed by atoms with van der Waals surface area (Å²) in [5.41, 5.74) is 5.25. The predicted octanol–water partition coefficient (Wildman–Crippen LogP) is 5.08. The molecule has 1 fully saturated rings. The molecule has 142 valence electrons. The molecule has 0 spiro atoms. The van der Waals surface area contributed by atoms with Gasteiger partial charge in [-0.25, -0.2) is 0 Å². The average Bonchev–Trinajstić information content (AvgIpc) is 3.08. The number of hydrogen-bond donors (Lipinski definition) is 0. The molecule has 3 aromatic rings. The van der Waals surface area contributed by atoms with E-state index in [0.29, 0.717) is 0 Å². The minimum atomic E-state index is 0.963. The molecule has 0 radical (unpaired) electrons. The molecular weight excluding hydrogens is 392 g/mol. The van der Waals surface area contributed by atoms with Gasteiger partial charge in [-0.1, -0.05) is 45.3 Å². The van der Waals surface area contributed by atoms with Crippen LogP contribution in [-0.4, -0.2) is 29.6 Å². The monoisotopic (exact) mass is 412 g/mol. The largest absolute Gasteiger partial charge is 0.370 e. The van der Waals surface area contributed by atoms with Crippen LogP contribution in [0.2, 0.25) is 0 Å². The van der Waals surface area contributed by atoms with Crippen molar-refractivity contribution in [3.63, 3.8) is 0 Å². The van der Waals surface area contributed by atoms with Gasteiger partial charge in [0.25, 0.3) is 0 Å². The van der Waals surface area contributed by atoms with Gasteiger partial charge in [-0.15, -0.1) is 0 Å². The van der Waals surface area contributed by atoms with E-state index in [4.69, 9.17) is 0 Å². The first-order valence-corrected chi connectivity index (χ1v) is 12.0. The van der Waals surface area contributed by atoms with E-state index in [1.807, 2.05) is 58.0 Å². The van der Waals surface area contributed by atoms with Crippen LogP contribution in [0.25, 0.3) is 0 Å². The third-order valence-corrected chi connectivity index (χ3v) is 6.84. The molecule has 0 unspecified atom stereocenters. The molecule has 0 bridgehead atoms. The second-order valence-electron chi connectivity index (χ2n) is 6.49. The van der Waals surface area contributed by atoms with Crippen LogP contribution in [0, 0.1) is 23.7 Å². The Kier molecular flexibility index (Phi) is 6.81. The highest BCUT2D eigenvalue weighted by Crippen LogP contribution is 2.26. The lowest BCUT2D eigenvalue weighted by molar-refractivity contribution is 0.884. The molecule has 0 amide bonds. The van der Waals surface area contributed by atoms with Gasteiger partial charge in [0.1, 0.15) is 0 Å². The minimum Gasteiger partial charge on any atom is -0.370 e. The Balaban J connectivity index is 1.40. The molecule has 0 atom stereocenters. The van der Waals surface area contributed by atoms with Crippen molar-refractivity contribution in [3.8, 4) is 23.7 Å². The van der Waals surface area contributed by atoms with Crippen molar-refractivity contribution in [3.05, 3.63) is 95.3 Å². The smallest absolute Gasteiger partial charge is 0.0367 e. The maximum absolute atomic E-state index is 4.00. The first-order valence-electron chi connectivity index (χ1n) is 9.50. The fourth-order valence-electron chi connectivity index (χ4n) is 2.90. The van der Waals surface area contributed by atoms with Crippen LogP contribution in [0.4, 0.5) is 5.69 Å². The van der Waals surface area contributed by atoms with Crippen molar-refractivity contribution < 1.29 is 0 Å². The summed E-state index contributed by atoms with van der Waals surface area (Å²) in [7, 11) is 3.94. The Morgan fingerprint density at radius 1 is 0.586 bits per heavy atom. The van der Waals surface area contributed by atoms with Crippen LogP contribution in [-0.2, 0) is 0 Å². The Labute approximate surface area is 180 Å². The van der Waals surface area contributed by atoms with E-state index in [2.05, 4.69) is 57.8 Å². The summed E-state index contributed by atoms with van der Waals surface area (Å²) in [5.74, 6) is 15.2. The molecule has 0 aliphatic carbocycles. The Morgan fingerprint density at radius 2 is 1.00 bits per heavy atom. The molecule has 0 saturated carbocycles. The van der Waals surface area contributed by atoms with Gasteiger partial charge in [-0.05, 0) is 60.7 Å². The Bertz CT molecular complexity index is 1050. The lowest BCUT2D eigenvalue weighted by atomic mass is 10.1. The van der Waals surface area contributed by atoms with Crippen molar-refractivity contribution >= 4 is 27.3 Å². The predicted molar refractivity (Wildman–Crippen MR) is 126 cm³/mol. The molecule has 4 rings (SSSR count). The molecule has 4 heteroatoms. The Morgan fingerprint density at radius 3 is 1.48 bits per heavy atom. The van der Waals surface area contributed by atoms with Gasteiger partial charge in [-0.2, -0.15) is 0 Å². The average molecular weight is 413 g/mol. The van der Waals surface area contributed by atoms with Crippen LogP contribution in [0.3, 0.4) is 0 Å². The number of rotatable bonds is 1. The highest BCUT2D eigenvalue weighted by molar-refractivity contribution is 8.76. The highest BCUT2D eigenvalue weighted by atomic mass is 33.1. The molecule has 29 heavy (non-hydrogen) atoms. The fourth-order valence-corrected chi connectivity index (χ4v) is 4.88. The van der Waals surface area contributed by atoms with Crippen LogP contribution < -0.4 is 4.90 Å². The van der Waals surface area contributed by atoms with Crippen LogP contribution >= 0.6 is 21.6 Å². The zero-order valence-corrected chi connectivity index (χ0v) is 17.6. The second kappa shape index (κ2) is 10.1. The van der Waals surface area contributed by atoms with Gasteiger partial charge in [-0.3, -0.25) is 4.98 Å². The van der Waals surface area contributed by atoms with E-state index < -0.39 is 0 Å². The number of aromatic nitrogens is 1. The van der Waals surface area contributed by atoms with Crippen molar-refractivity contribution in [2.45, 2.75) is 0 Å². The van der Waals surface area contributed by atoms with Crippen molar-refractivity contribution in [1.29, 1.82) is 0 Å². The van der Waals surface area contributed by atoms with Crippen molar-refractivity contribution in [1.82, 2.24) is 4.98 Å².